The Hall–Kier alpha value is -1.73. The van der Waals surface area contributed by atoms with Crippen LogP contribution >= 0.6 is 0 Å². The number of nitrogens with one attached hydrogen (secondary N) is 1. The van der Waals surface area contributed by atoms with Gasteiger partial charge in [-0.05, 0) is 39.8 Å². The average molecular weight is 390 g/mol. The van der Waals surface area contributed by atoms with Crippen molar-refractivity contribution in [2.75, 3.05) is 52.2 Å². The first-order valence-electron chi connectivity index (χ1n) is 10.4. The van der Waals surface area contributed by atoms with Crippen molar-refractivity contribution in [3.63, 3.8) is 0 Å². The van der Waals surface area contributed by atoms with E-state index in [-0.39, 0.29) is 23.3 Å². The van der Waals surface area contributed by atoms with Crippen molar-refractivity contribution in [1.29, 1.82) is 0 Å². The van der Waals surface area contributed by atoms with Crippen molar-refractivity contribution in [3.8, 4) is 0 Å². The number of amides is 1. The van der Waals surface area contributed by atoms with Gasteiger partial charge in [0.2, 0.25) is 5.91 Å². The highest BCUT2D eigenvalue weighted by Gasteiger charge is 2.46. The molecule has 1 aliphatic heterocycles. The fourth-order valence-corrected chi connectivity index (χ4v) is 4.41. The van der Waals surface area contributed by atoms with Gasteiger partial charge in [-0.15, -0.1) is 0 Å². The maximum absolute atomic E-state index is 12.7. The first-order valence-corrected chi connectivity index (χ1v) is 10.4. The summed E-state index contributed by atoms with van der Waals surface area (Å²) >= 11 is 0. The van der Waals surface area contributed by atoms with Gasteiger partial charge in [-0.2, -0.15) is 0 Å². The fraction of sp³-hybridized carbons (Fsp3) is 0.762. The van der Waals surface area contributed by atoms with Crippen molar-refractivity contribution >= 4 is 11.7 Å². The summed E-state index contributed by atoms with van der Waals surface area (Å²) < 4.78 is 0. The molecule has 1 aliphatic carbocycles. The largest absolute Gasteiger partial charge is 0.395 e. The van der Waals surface area contributed by atoms with E-state index in [9.17, 15) is 9.90 Å². The molecule has 0 aromatic carbocycles. The number of nitrogens with zero attached hydrogens (tertiary/aromatic N) is 4. The molecule has 1 unspecified atom stereocenters. The van der Waals surface area contributed by atoms with Gasteiger partial charge < -0.3 is 20.2 Å². The van der Waals surface area contributed by atoms with Crippen LogP contribution in [0.15, 0.2) is 0 Å². The van der Waals surface area contributed by atoms with Gasteiger partial charge in [0.15, 0.2) is 0 Å². The summed E-state index contributed by atoms with van der Waals surface area (Å²) in [6.45, 7) is 8.95. The van der Waals surface area contributed by atoms with E-state index in [1.165, 1.54) is 5.56 Å². The Morgan fingerprint density at radius 3 is 2.68 bits per heavy atom. The molecule has 1 aromatic heterocycles. The number of carbonyl (C=O) groups is 1. The third-order valence-corrected chi connectivity index (χ3v) is 5.82. The van der Waals surface area contributed by atoms with Gasteiger partial charge in [0, 0.05) is 36.0 Å². The van der Waals surface area contributed by atoms with Crippen molar-refractivity contribution in [3.05, 3.63) is 17.1 Å². The van der Waals surface area contributed by atoms with Crippen LogP contribution in [0.2, 0.25) is 0 Å². The van der Waals surface area contributed by atoms with Crippen LogP contribution in [0.5, 0.6) is 0 Å². The first-order chi connectivity index (χ1) is 13.2. The van der Waals surface area contributed by atoms with Crippen LogP contribution in [0.1, 0.15) is 57.1 Å². The Kier molecular flexibility index (Phi) is 5.96. The third kappa shape index (κ3) is 4.15. The van der Waals surface area contributed by atoms with E-state index in [2.05, 4.69) is 26.1 Å². The molecule has 1 aromatic rings. The smallest absolute Gasteiger partial charge is 0.236 e. The van der Waals surface area contributed by atoms with Gasteiger partial charge in [-0.25, -0.2) is 9.97 Å². The van der Waals surface area contributed by atoms with Crippen molar-refractivity contribution < 1.29 is 9.90 Å². The molecule has 1 fully saturated rings. The molecule has 2 heterocycles. The number of aliphatic hydroxyl groups is 1. The molecular weight excluding hydrogens is 354 g/mol. The maximum atomic E-state index is 12.7. The third-order valence-electron chi connectivity index (χ3n) is 5.82. The monoisotopic (exact) mass is 389 g/mol. The first kappa shape index (κ1) is 21.0. The van der Waals surface area contributed by atoms with Gasteiger partial charge in [0.25, 0.3) is 0 Å². The van der Waals surface area contributed by atoms with Gasteiger partial charge in [0.1, 0.15) is 11.6 Å². The van der Waals surface area contributed by atoms with Crippen LogP contribution in [0.25, 0.3) is 0 Å². The second-order valence-corrected chi connectivity index (χ2v) is 9.56. The Morgan fingerprint density at radius 1 is 1.29 bits per heavy atom. The molecule has 0 radical (unpaired) electrons. The van der Waals surface area contributed by atoms with Crippen LogP contribution in [0, 0.1) is 0 Å². The lowest BCUT2D eigenvalue weighted by Gasteiger charge is -2.41. The molecule has 28 heavy (non-hydrogen) atoms. The summed E-state index contributed by atoms with van der Waals surface area (Å²) in [5.41, 5.74) is 2.05. The van der Waals surface area contributed by atoms with Gasteiger partial charge in [-0.3, -0.25) is 4.79 Å². The average Bonchev–Trinajstić information content (AvgIpc) is 2.96. The molecule has 2 aliphatic rings. The number of carbonyl (C=O) groups excluding carboxylic acids is 1. The number of fused-ring (bicyclic) bond motifs is 2. The second-order valence-electron chi connectivity index (χ2n) is 9.56. The summed E-state index contributed by atoms with van der Waals surface area (Å²) in [5, 5.41) is 12.6. The van der Waals surface area contributed by atoms with Crippen LogP contribution in [0.3, 0.4) is 0 Å². The Labute approximate surface area is 168 Å². The highest BCUT2D eigenvalue weighted by atomic mass is 16.3. The minimum Gasteiger partial charge on any atom is -0.395 e. The molecule has 7 heteroatoms. The molecule has 1 saturated heterocycles. The Balaban J connectivity index is 1.97. The van der Waals surface area contributed by atoms with E-state index in [0.29, 0.717) is 13.1 Å². The van der Waals surface area contributed by atoms with Crippen molar-refractivity contribution in [2.45, 2.75) is 57.3 Å². The number of rotatable bonds is 5. The van der Waals surface area contributed by atoms with E-state index in [1.54, 1.807) is 0 Å². The van der Waals surface area contributed by atoms with Crippen molar-refractivity contribution in [1.82, 2.24) is 19.8 Å². The molecule has 0 saturated carbocycles. The number of hydrogen-bond acceptors (Lipinski definition) is 6. The van der Waals surface area contributed by atoms with Gasteiger partial charge >= 0.3 is 0 Å². The quantitative estimate of drug-likeness (QED) is 0.795. The molecule has 1 spiro atoms. The predicted octanol–water partition coefficient (Wildman–Crippen LogP) is 1.55. The summed E-state index contributed by atoms with van der Waals surface area (Å²) in [6.07, 6.45) is 3.99. The van der Waals surface area contributed by atoms with E-state index < -0.39 is 0 Å². The molecule has 0 bridgehead atoms. The highest BCUT2D eigenvalue weighted by molar-refractivity contribution is 5.78. The number of anilines is 1. The zero-order valence-corrected chi connectivity index (χ0v) is 18.0. The minimum atomic E-state index is -0.163. The van der Waals surface area contributed by atoms with Crippen LogP contribution in [-0.4, -0.2) is 77.7 Å². The molecule has 1 atom stereocenters. The predicted molar refractivity (Wildman–Crippen MR) is 111 cm³/mol. The van der Waals surface area contributed by atoms with E-state index >= 15 is 0 Å². The standard InChI is InChI=1S/C21H35N5O2/c1-20(2,3)19-23-17-15(18(24-19)22-10-12-27)7-9-21(17)8-6-11-26(14-21)16(28)13-25(4)5/h27H,6-14H2,1-5H3,(H,22,23,24). The number of aliphatic hydroxyl groups excluding tert-OH is 1. The summed E-state index contributed by atoms with van der Waals surface area (Å²) in [5.74, 6) is 1.88. The number of aromatic nitrogens is 2. The van der Waals surface area contributed by atoms with Crippen LogP contribution in [-0.2, 0) is 22.0 Å². The van der Waals surface area contributed by atoms with E-state index in [1.807, 2.05) is 23.9 Å². The number of likely N-dealkylation sites (N-methyl/N-ethyl adjacent to an activating group) is 1. The number of hydrogen-bond donors (Lipinski definition) is 2. The summed E-state index contributed by atoms with van der Waals surface area (Å²) in [7, 11) is 3.87. The summed E-state index contributed by atoms with van der Waals surface area (Å²) in [6, 6.07) is 0. The molecular formula is C21H35N5O2. The molecule has 1 amide bonds. The van der Waals surface area contributed by atoms with Gasteiger partial charge in [0.05, 0.1) is 18.8 Å². The topological polar surface area (TPSA) is 81.6 Å². The molecule has 7 nitrogen and oxygen atoms in total. The number of piperidine rings is 1. The molecule has 2 N–H and O–H groups in total. The zero-order valence-electron chi connectivity index (χ0n) is 18.0. The van der Waals surface area contributed by atoms with Crippen LogP contribution in [0.4, 0.5) is 5.82 Å². The van der Waals surface area contributed by atoms with Crippen LogP contribution < -0.4 is 5.32 Å². The Bertz CT molecular complexity index is 728. The second kappa shape index (κ2) is 7.95. The van der Waals surface area contributed by atoms with E-state index in [0.717, 1.165) is 56.1 Å². The molecule has 3 rings (SSSR count). The van der Waals surface area contributed by atoms with Gasteiger partial charge in [-0.1, -0.05) is 20.8 Å². The Morgan fingerprint density at radius 2 is 2.04 bits per heavy atom. The molecule has 156 valence electrons. The SMILES string of the molecule is CN(C)CC(=O)N1CCCC2(CCc3c(NCCO)nc(C(C)(C)C)nc32)C1. The lowest BCUT2D eigenvalue weighted by atomic mass is 9.77. The zero-order chi connectivity index (χ0) is 20.5. The minimum absolute atomic E-state index is 0.0710. The number of likely N-dealkylation sites (tertiary alicyclic amines) is 1. The summed E-state index contributed by atoms with van der Waals surface area (Å²) in [4.78, 5) is 26.5. The van der Waals surface area contributed by atoms with E-state index in [4.69, 9.17) is 9.97 Å². The lowest BCUT2D eigenvalue weighted by Crippen LogP contribution is -2.50. The highest BCUT2D eigenvalue weighted by Crippen LogP contribution is 2.46. The van der Waals surface area contributed by atoms with Crippen molar-refractivity contribution in [2.24, 2.45) is 0 Å². The normalized spacial score (nSPS) is 22.0. The maximum Gasteiger partial charge on any atom is 0.236 e. The fourth-order valence-electron chi connectivity index (χ4n) is 4.41. The lowest BCUT2D eigenvalue weighted by molar-refractivity contribution is -0.134.